The van der Waals surface area contributed by atoms with Gasteiger partial charge >= 0.3 is 0 Å². The van der Waals surface area contributed by atoms with Crippen molar-refractivity contribution in [3.63, 3.8) is 0 Å². The van der Waals surface area contributed by atoms with Crippen LogP contribution in [0.1, 0.15) is 12.5 Å². The third-order valence-electron chi connectivity index (χ3n) is 3.68. The third-order valence-corrected chi connectivity index (χ3v) is 3.68. The molecule has 0 N–H and O–H groups in total. The highest BCUT2D eigenvalue weighted by atomic mass is 16.5. The number of para-hydroxylation sites is 1. The van der Waals surface area contributed by atoms with Gasteiger partial charge in [-0.25, -0.2) is 0 Å². The van der Waals surface area contributed by atoms with Crippen LogP contribution in [0, 0.1) is 0 Å². The number of rotatable bonds is 4. The molecule has 4 nitrogen and oxygen atoms in total. The minimum Gasteiger partial charge on any atom is -0.496 e. The van der Waals surface area contributed by atoms with E-state index in [1.54, 1.807) is 13.2 Å². The van der Waals surface area contributed by atoms with E-state index in [1.807, 2.05) is 35.2 Å². The van der Waals surface area contributed by atoms with Gasteiger partial charge in [0.2, 0.25) is 5.91 Å². The number of carbonyl (C=O) groups is 1. The normalized spacial score (nSPS) is 16.6. The highest BCUT2D eigenvalue weighted by Gasteiger charge is 2.18. The lowest BCUT2D eigenvalue weighted by molar-refractivity contribution is -0.127. The highest BCUT2D eigenvalue weighted by Crippen LogP contribution is 2.18. The lowest BCUT2D eigenvalue weighted by atomic mass is 10.2. The van der Waals surface area contributed by atoms with Gasteiger partial charge in [-0.15, -0.1) is 0 Å². The number of amides is 1. The van der Waals surface area contributed by atoms with Crippen LogP contribution in [0.5, 0.6) is 5.75 Å². The summed E-state index contributed by atoms with van der Waals surface area (Å²) in [5.74, 6) is 0.860. The molecule has 0 bridgehead atoms. The van der Waals surface area contributed by atoms with Crippen LogP contribution < -0.4 is 4.74 Å². The van der Waals surface area contributed by atoms with Crippen LogP contribution in [0.2, 0.25) is 0 Å². The first-order valence-corrected chi connectivity index (χ1v) is 7.07. The van der Waals surface area contributed by atoms with Gasteiger partial charge in [-0.1, -0.05) is 25.1 Å². The summed E-state index contributed by atoms with van der Waals surface area (Å²) >= 11 is 0. The topological polar surface area (TPSA) is 32.8 Å². The molecular formula is C16H22N2O2. The smallest absolute Gasteiger partial charge is 0.246 e. The fraction of sp³-hybridized carbons (Fsp3) is 0.438. The van der Waals surface area contributed by atoms with Gasteiger partial charge in [0.1, 0.15) is 5.75 Å². The van der Waals surface area contributed by atoms with Gasteiger partial charge in [0, 0.05) is 37.8 Å². The Morgan fingerprint density at radius 2 is 1.95 bits per heavy atom. The number of carbonyl (C=O) groups excluding carboxylic acids is 1. The zero-order valence-corrected chi connectivity index (χ0v) is 12.2. The standard InChI is InChI=1S/C16H22N2O2/c1-3-17-10-12-18(13-11-17)16(19)9-8-14-6-4-5-7-15(14)20-2/h4-9H,3,10-13H2,1-2H3/b9-8+. The highest BCUT2D eigenvalue weighted by molar-refractivity contribution is 5.92. The van der Waals surface area contributed by atoms with Crippen LogP contribution in [-0.4, -0.2) is 55.5 Å². The summed E-state index contributed by atoms with van der Waals surface area (Å²) in [5.41, 5.74) is 0.926. The summed E-state index contributed by atoms with van der Waals surface area (Å²) in [6, 6.07) is 7.69. The van der Waals surface area contributed by atoms with E-state index in [2.05, 4.69) is 11.8 Å². The van der Waals surface area contributed by atoms with Crippen molar-refractivity contribution in [1.29, 1.82) is 0 Å². The van der Waals surface area contributed by atoms with Crippen molar-refractivity contribution in [3.05, 3.63) is 35.9 Å². The first-order valence-electron chi connectivity index (χ1n) is 7.07. The maximum Gasteiger partial charge on any atom is 0.246 e. The van der Waals surface area contributed by atoms with E-state index in [4.69, 9.17) is 4.74 Å². The lowest BCUT2D eigenvalue weighted by Gasteiger charge is -2.33. The van der Waals surface area contributed by atoms with Crippen molar-refractivity contribution in [2.24, 2.45) is 0 Å². The average Bonchev–Trinajstić information content (AvgIpc) is 2.53. The Hall–Kier alpha value is -1.81. The molecule has 0 unspecified atom stereocenters. The number of nitrogens with zero attached hydrogens (tertiary/aromatic N) is 2. The van der Waals surface area contributed by atoms with Crippen molar-refractivity contribution < 1.29 is 9.53 Å². The molecule has 20 heavy (non-hydrogen) atoms. The van der Waals surface area contributed by atoms with Gasteiger partial charge in [0.15, 0.2) is 0 Å². The average molecular weight is 274 g/mol. The first-order chi connectivity index (χ1) is 9.74. The van der Waals surface area contributed by atoms with E-state index in [0.29, 0.717) is 0 Å². The molecule has 1 aliphatic heterocycles. The molecule has 108 valence electrons. The maximum atomic E-state index is 12.1. The first kappa shape index (κ1) is 14.6. The number of hydrogen-bond acceptors (Lipinski definition) is 3. The monoisotopic (exact) mass is 274 g/mol. The van der Waals surface area contributed by atoms with E-state index in [-0.39, 0.29) is 5.91 Å². The van der Waals surface area contributed by atoms with Gasteiger partial charge < -0.3 is 14.5 Å². The summed E-state index contributed by atoms with van der Waals surface area (Å²) in [6.07, 6.45) is 3.47. The van der Waals surface area contributed by atoms with Crippen molar-refractivity contribution in [1.82, 2.24) is 9.80 Å². The van der Waals surface area contributed by atoms with E-state index < -0.39 is 0 Å². The van der Waals surface area contributed by atoms with Crippen LogP contribution in [-0.2, 0) is 4.79 Å². The number of likely N-dealkylation sites (N-methyl/N-ethyl adjacent to an activating group) is 1. The summed E-state index contributed by atoms with van der Waals surface area (Å²) in [7, 11) is 1.64. The summed E-state index contributed by atoms with van der Waals surface area (Å²) in [5, 5.41) is 0. The second-order valence-electron chi connectivity index (χ2n) is 4.83. The van der Waals surface area contributed by atoms with Gasteiger partial charge in [-0.3, -0.25) is 4.79 Å². The van der Waals surface area contributed by atoms with Crippen molar-refractivity contribution in [2.75, 3.05) is 39.8 Å². The second kappa shape index (κ2) is 7.10. The molecule has 0 spiro atoms. The summed E-state index contributed by atoms with van der Waals surface area (Å²) in [4.78, 5) is 16.4. The molecule has 1 amide bonds. The molecule has 1 saturated heterocycles. The Kier molecular flexibility index (Phi) is 5.18. The number of benzene rings is 1. The lowest BCUT2D eigenvalue weighted by Crippen LogP contribution is -2.48. The Bertz CT molecular complexity index is 477. The Morgan fingerprint density at radius 1 is 1.25 bits per heavy atom. The van der Waals surface area contributed by atoms with Crippen molar-refractivity contribution in [2.45, 2.75) is 6.92 Å². The Labute approximate surface area is 120 Å². The zero-order valence-electron chi connectivity index (χ0n) is 12.2. The molecule has 0 aliphatic carbocycles. The molecule has 1 heterocycles. The Morgan fingerprint density at radius 3 is 2.60 bits per heavy atom. The molecule has 0 saturated carbocycles. The van der Waals surface area contributed by atoms with Crippen LogP contribution >= 0.6 is 0 Å². The zero-order chi connectivity index (χ0) is 14.4. The molecule has 0 aromatic heterocycles. The van der Waals surface area contributed by atoms with Crippen LogP contribution in [0.15, 0.2) is 30.3 Å². The van der Waals surface area contributed by atoms with Gasteiger partial charge in [0.25, 0.3) is 0 Å². The Balaban J connectivity index is 1.96. The largest absolute Gasteiger partial charge is 0.496 e. The SMILES string of the molecule is CCN1CCN(C(=O)/C=C/c2ccccc2OC)CC1. The molecule has 1 aromatic carbocycles. The summed E-state index contributed by atoms with van der Waals surface area (Å²) in [6.45, 7) is 6.75. The molecule has 2 rings (SSSR count). The molecule has 1 fully saturated rings. The number of methoxy groups -OCH3 is 1. The molecule has 0 atom stereocenters. The molecule has 4 heteroatoms. The minimum absolute atomic E-state index is 0.0756. The van der Waals surface area contributed by atoms with Gasteiger partial charge in [-0.05, 0) is 18.7 Å². The molecular weight excluding hydrogens is 252 g/mol. The number of hydrogen-bond donors (Lipinski definition) is 0. The van der Waals surface area contributed by atoms with Gasteiger partial charge in [0.05, 0.1) is 7.11 Å². The molecule has 0 radical (unpaired) electrons. The van der Waals surface area contributed by atoms with Crippen LogP contribution in [0.4, 0.5) is 0 Å². The van der Waals surface area contributed by atoms with Crippen molar-refractivity contribution in [3.8, 4) is 5.75 Å². The van der Waals surface area contributed by atoms with E-state index in [1.165, 1.54) is 0 Å². The predicted octanol–water partition coefficient (Wildman–Crippen LogP) is 1.87. The second-order valence-corrected chi connectivity index (χ2v) is 4.83. The maximum absolute atomic E-state index is 12.1. The number of piperazine rings is 1. The fourth-order valence-electron chi connectivity index (χ4n) is 2.36. The van der Waals surface area contributed by atoms with Gasteiger partial charge in [-0.2, -0.15) is 0 Å². The minimum atomic E-state index is 0.0756. The van der Waals surface area contributed by atoms with Crippen LogP contribution in [0.25, 0.3) is 6.08 Å². The molecule has 1 aliphatic rings. The van der Waals surface area contributed by atoms with E-state index in [0.717, 1.165) is 44.0 Å². The summed E-state index contributed by atoms with van der Waals surface area (Å²) < 4.78 is 5.27. The fourth-order valence-corrected chi connectivity index (χ4v) is 2.36. The van der Waals surface area contributed by atoms with E-state index in [9.17, 15) is 4.79 Å². The third kappa shape index (κ3) is 3.61. The number of ether oxygens (including phenoxy) is 1. The quantitative estimate of drug-likeness (QED) is 0.786. The van der Waals surface area contributed by atoms with Crippen molar-refractivity contribution >= 4 is 12.0 Å². The molecule has 1 aromatic rings. The van der Waals surface area contributed by atoms with Crippen LogP contribution in [0.3, 0.4) is 0 Å². The van der Waals surface area contributed by atoms with E-state index >= 15 is 0 Å². The predicted molar refractivity (Wildman–Crippen MR) is 80.7 cm³/mol.